The number of hydrogen-bond acceptors (Lipinski definition) is 5. The molecule has 1 heterocycles. The highest BCUT2D eigenvalue weighted by Gasteiger charge is 2.31. The molecule has 2 aromatic rings. The minimum Gasteiger partial charge on any atom is -0.496 e. The molecule has 0 radical (unpaired) electrons. The quantitative estimate of drug-likeness (QED) is 0.909. The predicted octanol–water partition coefficient (Wildman–Crippen LogP) is 3.13. The fourth-order valence-corrected chi connectivity index (χ4v) is 1.99. The minimum absolute atomic E-state index is 0.137. The molecule has 1 aromatic heterocycles. The summed E-state index contributed by atoms with van der Waals surface area (Å²) in [6.45, 7) is 1.76. The summed E-state index contributed by atoms with van der Waals surface area (Å²) in [5, 5.41) is 0. The van der Waals surface area contributed by atoms with Crippen molar-refractivity contribution in [3.05, 3.63) is 29.8 Å². The Labute approximate surface area is 124 Å². The molecular formula is C14H14F3N3O2. The third-order valence-electron chi connectivity index (χ3n) is 2.94. The van der Waals surface area contributed by atoms with Crippen LogP contribution < -0.4 is 20.9 Å². The number of aryl methyl sites for hydroxylation is 1. The van der Waals surface area contributed by atoms with E-state index in [-0.39, 0.29) is 17.3 Å². The van der Waals surface area contributed by atoms with E-state index in [0.717, 1.165) is 11.6 Å². The Morgan fingerprint density at radius 3 is 2.41 bits per heavy atom. The first-order valence-corrected chi connectivity index (χ1v) is 6.18. The van der Waals surface area contributed by atoms with Gasteiger partial charge in [-0.1, -0.05) is 0 Å². The maximum Gasteiger partial charge on any atom is 0.573 e. The van der Waals surface area contributed by atoms with Crippen molar-refractivity contribution in [2.75, 3.05) is 18.6 Å². The summed E-state index contributed by atoms with van der Waals surface area (Å²) in [6.07, 6.45) is -4.77. The maximum absolute atomic E-state index is 12.3. The topological polar surface area (TPSA) is 83.4 Å². The van der Waals surface area contributed by atoms with Crippen LogP contribution in [-0.4, -0.2) is 18.5 Å². The van der Waals surface area contributed by atoms with Crippen LogP contribution in [-0.2, 0) is 0 Å². The molecular weight excluding hydrogens is 299 g/mol. The Kier molecular flexibility index (Phi) is 4.03. The zero-order chi connectivity index (χ0) is 16.5. The normalized spacial score (nSPS) is 11.3. The molecule has 0 atom stereocenters. The number of nitrogens with zero attached hydrogens (tertiary/aromatic N) is 1. The molecule has 0 bridgehead atoms. The van der Waals surface area contributed by atoms with E-state index in [1.54, 1.807) is 13.0 Å². The van der Waals surface area contributed by atoms with Crippen LogP contribution in [0.15, 0.2) is 24.3 Å². The molecule has 5 nitrogen and oxygen atoms in total. The van der Waals surface area contributed by atoms with Gasteiger partial charge in [0.1, 0.15) is 17.3 Å². The summed E-state index contributed by atoms with van der Waals surface area (Å²) in [7, 11) is 1.34. The van der Waals surface area contributed by atoms with E-state index < -0.39 is 6.36 Å². The van der Waals surface area contributed by atoms with E-state index in [1.165, 1.54) is 19.2 Å². The van der Waals surface area contributed by atoms with E-state index in [1.807, 2.05) is 0 Å². The summed E-state index contributed by atoms with van der Waals surface area (Å²) in [4.78, 5) is 4.17. The number of nitrogen functional groups attached to an aromatic ring is 2. The van der Waals surface area contributed by atoms with Gasteiger partial charge in [-0.15, -0.1) is 13.2 Å². The lowest BCUT2D eigenvalue weighted by Crippen LogP contribution is -2.17. The molecule has 0 fully saturated rings. The minimum atomic E-state index is -4.77. The zero-order valence-electron chi connectivity index (χ0n) is 11.9. The molecule has 0 unspecified atom stereocenters. The molecule has 1 aromatic carbocycles. The van der Waals surface area contributed by atoms with Crippen molar-refractivity contribution < 1.29 is 22.6 Å². The summed E-state index contributed by atoms with van der Waals surface area (Å²) < 4.78 is 45.8. The second-order valence-corrected chi connectivity index (χ2v) is 4.54. The van der Waals surface area contributed by atoms with Crippen molar-refractivity contribution in [3.8, 4) is 22.8 Å². The number of alkyl halides is 3. The third kappa shape index (κ3) is 3.33. The van der Waals surface area contributed by atoms with E-state index in [0.29, 0.717) is 16.9 Å². The van der Waals surface area contributed by atoms with Crippen LogP contribution in [0.4, 0.5) is 24.7 Å². The standard InChI is InChI=1S/C14H14F3N3O2/c1-7-5-10(18)13(19)20-12(7)9-4-3-8(6-11(9)21-2)22-14(15,16)17/h3-6H,18H2,1-2H3,(H2,19,20). The molecule has 2 rings (SSSR count). The zero-order valence-corrected chi connectivity index (χ0v) is 11.9. The number of anilines is 2. The lowest BCUT2D eigenvalue weighted by molar-refractivity contribution is -0.274. The summed E-state index contributed by atoms with van der Waals surface area (Å²) >= 11 is 0. The van der Waals surface area contributed by atoms with E-state index in [4.69, 9.17) is 16.2 Å². The van der Waals surface area contributed by atoms with Crippen LogP contribution in [0.3, 0.4) is 0 Å². The first-order chi connectivity index (χ1) is 10.2. The lowest BCUT2D eigenvalue weighted by atomic mass is 10.0. The van der Waals surface area contributed by atoms with Gasteiger partial charge in [-0.05, 0) is 30.7 Å². The maximum atomic E-state index is 12.3. The smallest absolute Gasteiger partial charge is 0.496 e. The van der Waals surface area contributed by atoms with Gasteiger partial charge in [0, 0.05) is 11.6 Å². The number of benzene rings is 1. The van der Waals surface area contributed by atoms with Crippen LogP contribution in [0.2, 0.25) is 0 Å². The van der Waals surface area contributed by atoms with Crippen molar-refractivity contribution in [1.82, 2.24) is 4.98 Å². The highest BCUT2D eigenvalue weighted by atomic mass is 19.4. The van der Waals surface area contributed by atoms with Gasteiger partial charge in [-0.2, -0.15) is 0 Å². The van der Waals surface area contributed by atoms with Crippen molar-refractivity contribution >= 4 is 11.5 Å². The van der Waals surface area contributed by atoms with Gasteiger partial charge in [0.05, 0.1) is 18.5 Å². The van der Waals surface area contributed by atoms with Gasteiger partial charge in [0.25, 0.3) is 0 Å². The second kappa shape index (κ2) is 5.63. The lowest BCUT2D eigenvalue weighted by Gasteiger charge is -2.14. The Balaban J connectivity index is 2.50. The molecule has 0 amide bonds. The van der Waals surface area contributed by atoms with Crippen LogP contribution in [0.1, 0.15) is 5.56 Å². The van der Waals surface area contributed by atoms with Crippen molar-refractivity contribution in [3.63, 3.8) is 0 Å². The van der Waals surface area contributed by atoms with Gasteiger partial charge < -0.3 is 20.9 Å². The fraction of sp³-hybridized carbons (Fsp3) is 0.214. The summed E-state index contributed by atoms with van der Waals surface area (Å²) in [5.41, 5.74) is 13.4. The fourth-order valence-electron chi connectivity index (χ4n) is 1.99. The van der Waals surface area contributed by atoms with Gasteiger partial charge in [0.15, 0.2) is 0 Å². The first-order valence-electron chi connectivity index (χ1n) is 6.18. The average Bonchev–Trinajstić information content (AvgIpc) is 2.41. The second-order valence-electron chi connectivity index (χ2n) is 4.54. The molecule has 0 aliphatic rings. The molecule has 0 spiro atoms. The Bertz CT molecular complexity index is 702. The van der Waals surface area contributed by atoms with Crippen molar-refractivity contribution in [1.29, 1.82) is 0 Å². The number of hydrogen-bond donors (Lipinski definition) is 2. The molecule has 0 aliphatic heterocycles. The number of ether oxygens (including phenoxy) is 2. The van der Waals surface area contributed by atoms with Crippen LogP contribution >= 0.6 is 0 Å². The number of nitrogens with two attached hydrogens (primary N) is 2. The number of methoxy groups -OCH3 is 1. The Morgan fingerprint density at radius 1 is 1.14 bits per heavy atom. The first kappa shape index (κ1) is 15.7. The average molecular weight is 313 g/mol. The van der Waals surface area contributed by atoms with E-state index >= 15 is 0 Å². The van der Waals surface area contributed by atoms with Gasteiger partial charge in [-0.3, -0.25) is 0 Å². The van der Waals surface area contributed by atoms with E-state index in [2.05, 4.69) is 9.72 Å². The Morgan fingerprint density at radius 2 is 1.82 bits per heavy atom. The summed E-state index contributed by atoms with van der Waals surface area (Å²) in [6, 6.07) is 5.37. The SMILES string of the molecule is COc1cc(OC(F)(F)F)ccc1-c1nc(N)c(N)cc1C. The predicted molar refractivity (Wildman–Crippen MR) is 76.5 cm³/mol. The van der Waals surface area contributed by atoms with Crippen LogP contribution in [0, 0.1) is 6.92 Å². The highest BCUT2D eigenvalue weighted by molar-refractivity contribution is 5.75. The van der Waals surface area contributed by atoms with Gasteiger partial charge >= 0.3 is 6.36 Å². The van der Waals surface area contributed by atoms with Gasteiger partial charge in [-0.25, -0.2) is 4.98 Å². The molecule has 22 heavy (non-hydrogen) atoms. The number of aromatic nitrogens is 1. The Hall–Kier alpha value is -2.64. The molecule has 4 N–H and O–H groups in total. The van der Waals surface area contributed by atoms with Gasteiger partial charge in [0.2, 0.25) is 0 Å². The largest absolute Gasteiger partial charge is 0.573 e. The highest BCUT2D eigenvalue weighted by Crippen LogP contribution is 2.36. The monoisotopic (exact) mass is 313 g/mol. The molecule has 0 saturated carbocycles. The number of pyridine rings is 1. The van der Waals surface area contributed by atoms with Crippen LogP contribution in [0.25, 0.3) is 11.3 Å². The number of rotatable bonds is 3. The van der Waals surface area contributed by atoms with Crippen molar-refractivity contribution in [2.24, 2.45) is 0 Å². The molecule has 0 saturated heterocycles. The van der Waals surface area contributed by atoms with Crippen LogP contribution in [0.5, 0.6) is 11.5 Å². The van der Waals surface area contributed by atoms with Crippen molar-refractivity contribution in [2.45, 2.75) is 13.3 Å². The third-order valence-corrected chi connectivity index (χ3v) is 2.94. The summed E-state index contributed by atoms with van der Waals surface area (Å²) in [5.74, 6) is -0.0611. The van der Waals surface area contributed by atoms with E-state index in [9.17, 15) is 13.2 Å². The number of halogens is 3. The molecule has 0 aliphatic carbocycles. The molecule has 118 valence electrons. The molecule has 8 heteroatoms.